The molecule has 0 amide bonds. The van der Waals surface area contributed by atoms with Gasteiger partial charge in [-0.15, -0.1) is 0 Å². The smallest absolute Gasteiger partial charge is 0.0472 e. The molecule has 0 aliphatic heterocycles. The molecule has 0 radical (unpaired) electrons. The highest BCUT2D eigenvalue weighted by atomic mass is 35.5. The second-order valence-corrected chi connectivity index (χ2v) is 6.45. The number of hydrogen-bond acceptors (Lipinski definition) is 0. The van der Waals surface area contributed by atoms with Crippen molar-refractivity contribution in [3.63, 3.8) is 0 Å². The Morgan fingerprint density at radius 1 is 0.950 bits per heavy atom. The first-order chi connectivity index (χ1) is 9.49. The standard InChI is InChI=1S/C18H20Cl2/c1-12(2)17-9-5-7-15(18(17)20)10-13(3)14-6-4-8-16(19)11-14/h4-9,11-13H,10H2,1-3H3. The van der Waals surface area contributed by atoms with Crippen LogP contribution in [0.15, 0.2) is 42.5 Å². The summed E-state index contributed by atoms with van der Waals surface area (Å²) in [6.45, 7) is 6.56. The van der Waals surface area contributed by atoms with Gasteiger partial charge in [0.1, 0.15) is 0 Å². The van der Waals surface area contributed by atoms with Gasteiger partial charge < -0.3 is 0 Å². The molecule has 106 valence electrons. The number of hydrogen-bond donors (Lipinski definition) is 0. The number of halogens is 2. The van der Waals surface area contributed by atoms with E-state index < -0.39 is 0 Å². The molecule has 0 aliphatic rings. The first-order valence-electron chi connectivity index (χ1n) is 7.01. The van der Waals surface area contributed by atoms with Gasteiger partial charge in [-0.2, -0.15) is 0 Å². The quantitative estimate of drug-likeness (QED) is 0.608. The lowest BCUT2D eigenvalue weighted by Gasteiger charge is -2.16. The molecule has 1 atom stereocenters. The highest BCUT2D eigenvalue weighted by molar-refractivity contribution is 6.32. The molecular formula is C18H20Cl2. The molecule has 2 heteroatoms. The summed E-state index contributed by atoms with van der Waals surface area (Å²) in [5.74, 6) is 0.845. The molecule has 20 heavy (non-hydrogen) atoms. The van der Waals surface area contributed by atoms with E-state index in [0.717, 1.165) is 16.5 Å². The van der Waals surface area contributed by atoms with Gasteiger partial charge in [0.2, 0.25) is 0 Å². The summed E-state index contributed by atoms with van der Waals surface area (Å²) in [5.41, 5.74) is 3.69. The largest absolute Gasteiger partial charge is 0.0843 e. The van der Waals surface area contributed by atoms with Crippen LogP contribution in [0.1, 0.15) is 49.3 Å². The summed E-state index contributed by atoms with van der Waals surface area (Å²) in [4.78, 5) is 0. The topological polar surface area (TPSA) is 0 Å². The zero-order chi connectivity index (χ0) is 14.7. The summed E-state index contributed by atoms with van der Waals surface area (Å²) in [5, 5.41) is 1.70. The molecular weight excluding hydrogens is 287 g/mol. The highest BCUT2D eigenvalue weighted by Gasteiger charge is 2.13. The van der Waals surface area contributed by atoms with Crippen molar-refractivity contribution in [3.8, 4) is 0 Å². The lowest BCUT2D eigenvalue weighted by atomic mass is 9.91. The number of benzene rings is 2. The van der Waals surface area contributed by atoms with Gasteiger partial charge in [-0.3, -0.25) is 0 Å². The maximum atomic E-state index is 6.54. The Bertz CT molecular complexity index is 588. The zero-order valence-electron chi connectivity index (χ0n) is 12.2. The minimum absolute atomic E-state index is 0.397. The first-order valence-corrected chi connectivity index (χ1v) is 7.77. The van der Waals surface area contributed by atoms with Crippen LogP contribution in [0.3, 0.4) is 0 Å². The highest BCUT2D eigenvalue weighted by Crippen LogP contribution is 2.31. The molecule has 0 bridgehead atoms. The molecule has 0 aliphatic carbocycles. The van der Waals surface area contributed by atoms with Crippen LogP contribution in [0.5, 0.6) is 0 Å². The average molecular weight is 307 g/mol. The van der Waals surface area contributed by atoms with Crippen LogP contribution in [0.2, 0.25) is 10.0 Å². The minimum atomic E-state index is 0.397. The van der Waals surface area contributed by atoms with Crippen molar-refractivity contribution in [1.82, 2.24) is 0 Å². The Labute approximate surface area is 131 Å². The predicted octanol–water partition coefficient (Wildman–Crippen LogP) is 6.46. The van der Waals surface area contributed by atoms with Crippen molar-refractivity contribution in [2.24, 2.45) is 0 Å². The monoisotopic (exact) mass is 306 g/mol. The Kier molecular flexibility index (Phi) is 5.12. The van der Waals surface area contributed by atoms with Crippen molar-refractivity contribution in [2.45, 2.75) is 39.0 Å². The molecule has 2 aromatic carbocycles. The van der Waals surface area contributed by atoms with E-state index in [4.69, 9.17) is 23.2 Å². The Balaban J connectivity index is 2.24. The van der Waals surface area contributed by atoms with Crippen molar-refractivity contribution in [2.75, 3.05) is 0 Å². The maximum Gasteiger partial charge on any atom is 0.0472 e. The Hall–Kier alpha value is -0.980. The van der Waals surface area contributed by atoms with Crippen LogP contribution >= 0.6 is 23.2 Å². The van der Waals surface area contributed by atoms with Gasteiger partial charge in [-0.25, -0.2) is 0 Å². The third kappa shape index (κ3) is 3.56. The molecule has 2 aromatic rings. The fraction of sp³-hybridized carbons (Fsp3) is 0.333. The van der Waals surface area contributed by atoms with Crippen LogP contribution in [-0.2, 0) is 6.42 Å². The summed E-state index contributed by atoms with van der Waals surface area (Å²) in [7, 11) is 0. The van der Waals surface area contributed by atoms with Gasteiger partial charge in [0.05, 0.1) is 0 Å². The molecule has 0 spiro atoms. The molecule has 0 aromatic heterocycles. The van der Waals surface area contributed by atoms with E-state index in [-0.39, 0.29) is 0 Å². The third-order valence-electron chi connectivity index (χ3n) is 3.67. The van der Waals surface area contributed by atoms with Crippen molar-refractivity contribution in [3.05, 3.63) is 69.2 Å². The number of rotatable bonds is 4. The predicted molar refractivity (Wildman–Crippen MR) is 89.1 cm³/mol. The summed E-state index contributed by atoms with van der Waals surface area (Å²) in [6.07, 6.45) is 0.930. The van der Waals surface area contributed by atoms with E-state index in [9.17, 15) is 0 Å². The van der Waals surface area contributed by atoms with Crippen LogP contribution in [0, 0.1) is 0 Å². The summed E-state index contributed by atoms with van der Waals surface area (Å²) >= 11 is 12.6. The van der Waals surface area contributed by atoms with Gasteiger partial charge in [0.15, 0.2) is 0 Å². The Morgan fingerprint density at radius 2 is 1.65 bits per heavy atom. The van der Waals surface area contributed by atoms with E-state index in [2.05, 4.69) is 45.0 Å². The van der Waals surface area contributed by atoms with Crippen LogP contribution in [-0.4, -0.2) is 0 Å². The lowest BCUT2D eigenvalue weighted by molar-refractivity contribution is 0.755. The van der Waals surface area contributed by atoms with Gasteiger partial charge >= 0.3 is 0 Å². The van der Waals surface area contributed by atoms with Crippen LogP contribution in [0.4, 0.5) is 0 Å². The van der Waals surface area contributed by atoms with E-state index >= 15 is 0 Å². The van der Waals surface area contributed by atoms with E-state index in [1.54, 1.807) is 0 Å². The maximum absolute atomic E-state index is 6.54. The molecule has 0 saturated heterocycles. The fourth-order valence-electron chi connectivity index (χ4n) is 2.46. The lowest BCUT2D eigenvalue weighted by Crippen LogP contribution is -2.01. The summed E-state index contributed by atoms with van der Waals surface area (Å²) in [6, 6.07) is 14.4. The molecule has 0 heterocycles. The minimum Gasteiger partial charge on any atom is -0.0843 e. The van der Waals surface area contributed by atoms with Crippen molar-refractivity contribution >= 4 is 23.2 Å². The summed E-state index contributed by atoms with van der Waals surface area (Å²) < 4.78 is 0. The SMILES string of the molecule is CC(C)c1cccc(CC(C)c2cccc(Cl)c2)c1Cl. The normalized spacial score (nSPS) is 12.7. The molecule has 1 unspecified atom stereocenters. The van der Waals surface area contributed by atoms with E-state index in [0.29, 0.717) is 11.8 Å². The van der Waals surface area contributed by atoms with Gasteiger partial charge in [0.25, 0.3) is 0 Å². The van der Waals surface area contributed by atoms with Gasteiger partial charge in [-0.1, -0.05) is 74.3 Å². The van der Waals surface area contributed by atoms with E-state index in [1.165, 1.54) is 16.7 Å². The van der Waals surface area contributed by atoms with Gasteiger partial charge in [0, 0.05) is 10.0 Å². The molecule has 0 N–H and O–H groups in total. The van der Waals surface area contributed by atoms with Crippen molar-refractivity contribution in [1.29, 1.82) is 0 Å². The fourth-order valence-corrected chi connectivity index (χ4v) is 3.08. The van der Waals surface area contributed by atoms with Crippen LogP contribution in [0.25, 0.3) is 0 Å². The van der Waals surface area contributed by atoms with Crippen molar-refractivity contribution < 1.29 is 0 Å². The molecule has 2 rings (SSSR count). The molecule has 0 fully saturated rings. The van der Waals surface area contributed by atoms with Gasteiger partial charge in [-0.05, 0) is 47.1 Å². The molecule has 0 nitrogen and oxygen atoms in total. The molecule has 0 saturated carbocycles. The second kappa shape index (κ2) is 6.65. The average Bonchev–Trinajstić information content (AvgIpc) is 2.40. The zero-order valence-corrected chi connectivity index (χ0v) is 13.7. The Morgan fingerprint density at radius 3 is 2.30 bits per heavy atom. The first kappa shape index (κ1) is 15.4. The van der Waals surface area contributed by atoms with E-state index in [1.807, 2.05) is 18.2 Å². The third-order valence-corrected chi connectivity index (χ3v) is 4.37. The van der Waals surface area contributed by atoms with Crippen LogP contribution < -0.4 is 0 Å². The second-order valence-electron chi connectivity index (χ2n) is 5.64.